The van der Waals surface area contributed by atoms with Crippen LogP contribution < -0.4 is 0 Å². The Morgan fingerprint density at radius 3 is 2.88 bits per heavy atom. The van der Waals surface area contributed by atoms with Gasteiger partial charge in [-0.2, -0.15) is 0 Å². The fourth-order valence-electron chi connectivity index (χ4n) is 2.56. The van der Waals surface area contributed by atoms with Crippen LogP contribution in [0.15, 0.2) is 6.33 Å². The maximum absolute atomic E-state index is 12.1. The summed E-state index contributed by atoms with van der Waals surface area (Å²) in [5.41, 5.74) is 0. The first-order chi connectivity index (χ1) is 8.18. The fourth-order valence-corrected chi connectivity index (χ4v) is 2.56. The molecule has 1 aromatic heterocycles. The van der Waals surface area contributed by atoms with Crippen molar-refractivity contribution < 1.29 is 4.79 Å². The van der Waals surface area contributed by atoms with E-state index in [1.54, 1.807) is 0 Å². The van der Waals surface area contributed by atoms with Crippen molar-refractivity contribution in [1.82, 2.24) is 25.1 Å². The van der Waals surface area contributed by atoms with Crippen molar-refractivity contribution in [2.45, 2.75) is 45.2 Å². The number of rotatable bonds is 3. The number of amides is 1. The van der Waals surface area contributed by atoms with E-state index in [1.807, 2.05) is 11.9 Å². The van der Waals surface area contributed by atoms with Gasteiger partial charge < -0.3 is 4.90 Å². The minimum absolute atomic E-state index is 0.0797. The molecule has 1 fully saturated rings. The van der Waals surface area contributed by atoms with Gasteiger partial charge in [0.05, 0.1) is 0 Å². The van der Waals surface area contributed by atoms with Crippen LogP contribution >= 0.6 is 0 Å². The Hall–Kier alpha value is -1.46. The summed E-state index contributed by atoms with van der Waals surface area (Å²) in [6, 6.07) is 0.368. The summed E-state index contributed by atoms with van der Waals surface area (Å²) in [6.07, 6.45) is 6.30. The van der Waals surface area contributed by atoms with E-state index < -0.39 is 0 Å². The average Bonchev–Trinajstić information content (AvgIpc) is 2.81. The highest BCUT2D eigenvalue weighted by atomic mass is 16.2. The van der Waals surface area contributed by atoms with Gasteiger partial charge in [-0.05, 0) is 29.2 Å². The van der Waals surface area contributed by atoms with E-state index in [2.05, 4.69) is 22.4 Å². The molecule has 1 amide bonds. The van der Waals surface area contributed by atoms with Gasteiger partial charge in [-0.3, -0.25) is 4.79 Å². The van der Waals surface area contributed by atoms with Crippen molar-refractivity contribution in [2.75, 3.05) is 7.05 Å². The maximum atomic E-state index is 12.1. The third kappa shape index (κ3) is 2.81. The zero-order valence-electron chi connectivity index (χ0n) is 10.4. The molecule has 1 aromatic rings. The lowest BCUT2D eigenvalue weighted by Crippen LogP contribution is -2.44. The summed E-state index contributed by atoms with van der Waals surface area (Å²) in [5.74, 6) is 0.669. The zero-order valence-corrected chi connectivity index (χ0v) is 10.4. The fraction of sp³-hybridized carbons (Fsp3) is 0.818. The number of likely N-dealkylation sites (N-methyl/N-ethyl adjacent to an activating group) is 1. The summed E-state index contributed by atoms with van der Waals surface area (Å²) in [6.45, 7) is 2.46. The van der Waals surface area contributed by atoms with E-state index in [9.17, 15) is 4.79 Å². The monoisotopic (exact) mass is 237 g/mol. The number of nitrogens with zero attached hydrogens (tertiary/aromatic N) is 5. The summed E-state index contributed by atoms with van der Waals surface area (Å²) in [4.78, 5) is 13.9. The van der Waals surface area contributed by atoms with Crippen LogP contribution in [-0.2, 0) is 11.3 Å². The summed E-state index contributed by atoms with van der Waals surface area (Å²) in [7, 11) is 1.89. The third-order valence-corrected chi connectivity index (χ3v) is 3.65. The lowest BCUT2D eigenvalue weighted by molar-refractivity contribution is -0.134. The molecule has 1 saturated carbocycles. The molecule has 2 rings (SSSR count). The minimum atomic E-state index is 0.0797. The van der Waals surface area contributed by atoms with Crippen molar-refractivity contribution in [1.29, 1.82) is 0 Å². The SMILES string of the molecule is CC1CCCCC1N(C)C(=O)Cn1cnnn1. The van der Waals surface area contributed by atoms with Gasteiger partial charge in [0.2, 0.25) is 5.91 Å². The second kappa shape index (κ2) is 5.25. The second-order valence-electron chi connectivity index (χ2n) is 4.84. The largest absolute Gasteiger partial charge is 0.341 e. The van der Waals surface area contributed by atoms with E-state index in [-0.39, 0.29) is 12.5 Å². The van der Waals surface area contributed by atoms with Gasteiger partial charge in [0.15, 0.2) is 0 Å². The van der Waals surface area contributed by atoms with Crippen molar-refractivity contribution in [3.05, 3.63) is 6.33 Å². The molecule has 1 heterocycles. The molecular formula is C11H19N5O. The standard InChI is InChI=1S/C11H19N5O/c1-9-5-3-4-6-10(9)15(2)11(17)7-16-8-12-13-14-16/h8-10H,3-7H2,1-2H3. The van der Waals surface area contributed by atoms with Crippen LogP contribution in [0.3, 0.4) is 0 Å². The van der Waals surface area contributed by atoms with Crippen molar-refractivity contribution in [3.63, 3.8) is 0 Å². The van der Waals surface area contributed by atoms with Gasteiger partial charge in [0.25, 0.3) is 0 Å². The maximum Gasteiger partial charge on any atom is 0.244 e. The Morgan fingerprint density at radius 2 is 2.24 bits per heavy atom. The van der Waals surface area contributed by atoms with Gasteiger partial charge in [-0.25, -0.2) is 4.68 Å². The molecule has 0 aromatic carbocycles. The van der Waals surface area contributed by atoms with E-state index in [4.69, 9.17) is 0 Å². The van der Waals surface area contributed by atoms with Gasteiger partial charge in [0.1, 0.15) is 12.9 Å². The molecule has 6 nitrogen and oxygen atoms in total. The van der Waals surface area contributed by atoms with Crippen LogP contribution in [0.25, 0.3) is 0 Å². The van der Waals surface area contributed by atoms with Crippen molar-refractivity contribution in [2.24, 2.45) is 5.92 Å². The molecule has 0 radical (unpaired) electrons. The first-order valence-electron chi connectivity index (χ1n) is 6.15. The highest BCUT2D eigenvalue weighted by Gasteiger charge is 2.27. The van der Waals surface area contributed by atoms with E-state index >= 15 is 0 Å². The quantitative estimate of drug-likeness (QED) is 0.776. The van der Waals surface area contributed by atoms with Crippen LogP contribution in [0.1, 0.15) is 32.6 Å². The molecule has 0 saturated heterocycles. The number of hydrogen-bond donors (Lipinski definition) is 0. The molecule has 2 atom stereocenters. The topological polar surface area (TPSA) is 63.9 Å². The molecule has 1 aliphatic carbocycles. The summed E-state index contributed by atoms with van der Waals surface area (Å²) in [5, 5.41) is 10.8. The number of tetrazole rings is 1. The molecule has 0 spiro atoms. The lowest BCUT2D eigenvalue weighted by atomic mass is 9.85. The van der Waals surface area contributed by atoms with Crippen LogP contribution in [0, 0.1) is 5.92 Å². The second-order valence-corrected chi connectivity index (χ2v) is 4.84. The van der Waals surface area contributed by atoms with Crippen molar-refractivity contribution in [3.8, 4) is 0 Å². The predicted octanol–water partition coefficient (Wildman–Crippen LogP) is 0.710. The van der Waals surface area contributed by atoms with E-state index in [0.29, 0.717) is 12.0 Å². The smallest absolute Gasteiger partial charge is 0.244 e. The summed E-state index contributed by atoms with van der Waals surface area (Å²) < 4.78 is 1.46. The van der Waals surface area contributed by atoms with Crippen LogP contribution in [0.5, 0.6) is 0 Å². The molecule has 6 heteroatoms. The molecule has 94 valence electrons. The third-order valence-electron chi connectivity index (χ3n) is 3.65. The van der Waals surface area contributed by atoms with Gasteiger partial charge >= 0.3 is 0 Å². The first kappa shape index (κ1) is 12.0. The van der Waals surface area contributed by atoms with Gasteiger partial charge in [-0.15, -0.1) is 5.10 Å². The Bertz CT molecular complexity index is 364. The normalized spacial score (nSPS) is 24.6. The Morgan fingerprint density at radius 1 is 1.47 bits per heavy atom. The Labute approximate surface area is 101 Å². The number of carbonyl (C=O) groups is 1. The lowest BCUT2D eigenvalue weighted by Gasteiger charge is -2.36. The van der Waals surface area contributed by atoms with Gasteiger partial charge in [0, 0.05) is 13.1 Å². The zero-order chi connectivity index (χ0) is 12.3. The van der Waals surface area contributed by atoms with Gasteiger partial charge in [-0.1, -0.05) is 19.8 Å². The highest BCUT2D eigenvalue weighted by molar-refractivity contribution is 5.75. The van der Waals surface area contributed by atoms with E-state index in [0.717, 1.165) is 6.42 Å². The molecule has 0 aliphatic heterocycles. The van der Waals surface area contributed by atoms with Crippen LogP contribution in [0.4, 0.5) is 0 Å². The molecule has 0 bridgehead atoms. The number of aromatic nitrogens is 4. The molecule has 17 heavy (non-hydrogen) atoms. The van der Waals surface area contributed by atoms with Crippen LogP contribution in [-0.4, -0.2) is 44.1 Å². The summed E-state index contributed by atoms with van der Waals surface area (Å²) >= 11 is 0. The predicted molar refractivity (Wildman–Crippen MR) is 62.0 cm³/mol. The first-order valence-corrected chi connectivity index (χ1v) is 6.15. The molecular weight excluding hydrogens is 218 g/mol. The number of carbonyl (C=O) groups excluding carboxylic acids is 1. The highest BCUT2D eigenvalue weighted by Crippen LogP contribution is 2.27. The average molecular weight is 237 g/mol. The molecule has 0 N–H and O–H groups in total. The van der Waals surface area contributed by atoms with Crippen molar-refractivity contribution >= 4 is 5.91 Å². The van der Waals surface area contributed by atoms with Crippen LogP contribution in [0.2, 0.25) is 0 Å². The Kier molecular flexibility index (Phi) is 3.71. The minimum Gasteiger partial charge on any atom is -0.341 e. The molecule has 2 unspecified atom stereocenters. The molecule has 1 aliphatic rings. The van der Waals surface area contributed by atoms with E-state index in [1.165, 1.54) is 30.3 Å². The Balaban J connectivity index is 1.94. The number of hydrogen-bond acceptors (Lipinski definition) is 4.